The van der Waals surface area contributed by atoms with Crippen LogP contribution in [0.4, 0.5) is 5.00 Å². The number of thiophene rings is 1. The molecule has 2 nitrogen and oxygen atoms in total. The van der Waals surface area contributed by atoms with Gasteiger partial charge in [0.05, 0.1) is 0 Å². The van der Waals surface area contributed by atoms with Gasteiger partial charge in [0.25, 0.3) is 0 Å². The zero-order valence-corrected chi connectivity index (χ0v) is 6.89. The standard InChI is InChI=1S/C9H4NOS/c11-6-10-9-5-7-3-1-2-4-8(7)12-9/h2-5H. The number of aliphatic imine (C=N–C) groups is 1. The molecule has 0 aliphatic rings. The third kappa shape index (κ3) is 1.16. The topological polar surface area (TPSA) is 29.4 Å². The van der Waals surface area contributed by atoms with Gasteiger partial charge in [0, 0.05) is 4.70 Å². The molecule has 0 saturated heterocycles. The zero-order chi connectivity index (χ0) is 8.39. The molecule has 12 heavy (non-hydrogen) atoms. The van der Waals surface area contributed by atoms with Crippen molar-refractivity contribution in [1.29, 1.82) is 0 Å². The van der Waals surface area contributed by atoms with Crippen LogP contribution in [-0.4, -0.2) is 6.08 Å². The molecular weight excluding hydrogens is 170 g/mol. The third-order valence-electron chi connectivity index (χ3n) is 1.50. The van der Waals surface area contributed by atoms with Crippen molar-refractivity contribution in [3.63, 3.8) is 0 Å². The second-order valence-electron chi connectivity index (χ2n) is 2.25. The van der Waals surface area contributed by atoms with E-state index in [-0.39, 0.29) is 0 Å². The van der Waals surface area contributed by atoms with Gasteiger partial charge in [-0.1, -0.05) is 6.07 Å². The highest BCUT2D eigenvalue weighted by Crippen LogP contribution is 2.30. The molecule has 0 spiro atoms. The molecular formula is C9H4NOS. The predicted octanol–water partition coefficient (Wildman–Crippen LogP) is 2.67. The SMILES string of the molecule is O=C=Nc1cc2c[c]ccc2s1. The van der Waals surface area contributed by atoms with Crippen LogP contribution < -0.4 is 0 Å². The summed E-state index contributed by atoms with van der Waals surface area (Å²) in [5.41, 5.74) is 0. The molecule has 0 amide bonds. The van der Waals surface area contributed by atoms with E-state index in [0.29, 0.717) is 5.00 Å². The van der Waals surface area contributed by atoms with E-state index in [9.17, 15) is 4.79 Å². The lowest BCUT2D eigenvalue weighted by Gasteiger charge is -1.81. The van der Waals surface area contributed by atoms with Crippen LogP contribution in [0.3, 0.4) is 0 Å². The first kappa shape index (κ1) is 7.22. The van der Waals surface area contributed by atoms with Crippen molar-refractivity contribution in [2.24, 2.45) is 4.99 Å². The van der Waals surface area contributed by atoms with Crippen molar-refractivity contribution in [3.8, 4) is 0 Å². The minimum absolute atomic E-state index is 0.694. The van der Waals surface area contributed by atoms with Gasteiger partial charge < -0.3 is 0 Å². The first-order chi connectivity index (χ1) is 5.90. The molecule has 3 heteroatoms. The number of rotatable bonds is 1. The molecule has 2 rings (SSSR count). The van der Waals surface area contributed by atoms with Crippen LogP contribution in [0.2, 0.25) is 0 Å². The van der Waals surface area contributed by atoms with Gasteiger partial charge in [-0.25, -0.2) is 4.79 Å². The molecule has 0 atom stereocenters. The molecule has 57 valence electrons. The van der Waals surface area contributed by atoms with Crippen LogP contribution in [0.5, 0.6) is 0 Å². The maximum Gasteiger partial charge on any atom is 0.241 e. The van der Waals surface area contributed by atoms with E-state index in [1.165, 1.54) is 17.4 Å². The van der Waals surface area contributed by atoms with Crippen molar-refractivity contribution >= 4 is 32.5 Å². The fourth-order valence-electron chi connectivity index (χ4n) is 1.01. The van der Waals surface area contributed by atoms with E-state index in [4.69, 9.17) is 0 Å². The quantitative estimate of drug-likeness (QED) is 0.482. The summed E-state index contributed by atoms with van der Waals surface area (Å²) in [5.74, 6) is 0. The molecule has 1 aromatic heterocycles. The molecule has 1 aromatic carbocycles. The summed E-state index contributed by atoms with van der Waals surface area (Å²) < 4.78 is 1.11. The van der Waals surface area contributed by atoms with Crippen LogP contribution in [-0.2, 0) is 4.79 Å². The number of isocyanates is 1. The molecule has 0 bridgehead atoms. The minimum Gasteiger partial charge on any atom is -0.211 e. The predicted molar refractivity (Wildman–Crippen MR) is 48.4 cm³/mol. The van der Waals surface area contributed by atoms with Crippen molar-refractivity contribution in [2.45, 2.75) is 0 Å². The maximum absolute atomic E-state index is 9.96. The van der Waals surface area contributed by atoms with Gasteiger partial charge in [-0.3, -0.25) is 0 Å². The highest BCUT2D eigenvalue weighted by atomic mass is 32.1. The van der Waals surface area contributed by atoms with E-state index in [1.807, 2.05) is 24.3 Å². The van der Waals surface area contributed by atoms with E-state index < -0.39 is 0 Å². The number of benzene rings is 1. The molecule has 0 unspecified atom stereocenters. The summed E-state index contributed by atoms with van der Waals surface area (Å²) in [6.45, 7) is 0. The lowest BCUT2D eigenvalue weighted by atomic mass is 10.3. The third-order valence-corrected chi connectivity index (χ3v) is 2.51. The minimum atomic E-state index is 0.694. The maximum atomic E-state index is 9.96. The fourth-order valence-corrected chi connectivity index (χ4v) is 1.88. The Morgan fingerprint density at radius 1 is 1.58 bits per heavy atom. The van der Waals surface area contributed by atoms with Crippen LogP contribution >= 0.6 is 11.3 Å². The van der Waals surface area contributed by atoms with Crippen molar-refractivity contribution in [3.05, 3.63) is 30.3 Å². The molecule has 0 aliphatic heterocycles. The molecule has 0 saturated carbocycles. The Balaban J connectivity index is 2.69. The number of fused-ring (bicyclic) bond motifs is 1. The summed E-state index contributed by atoms with van der Waals surface area (Å²) in [6.07, 6.45) is 1.52. The van der Waals surface area contributed by atoms with Gasteiger partial charge in [-0.15, -0.1) is 11.3 Å². The lowest BCUT2D eigenvalue weighted by Crippen LogP contribution is -1.57. The normalized spacial score (nSPS) is 9.67. The smallest absolute Gasteiger partial charge is 0.211 e. The fraction of sp³-hybridized carbons (Fsp3) is 0. The summed E-state index contributed by atoms with van der Waals surface area (Å²) in [5, 5.41) is 1.76. The van der Waals surface area contributed by atoms with Gasteiger partial charge in [0.1, 0.15) is 5.00 Å². The van der Waals surface area contributed by atoms with Gasteiger partial charge in [-0.2, -0.15) is 4.99 Å². The second-order valence-corrected chi connectivity index (χ2v) is 3.31. The molecule has 0 N–H and O–H groups in total. The molecule has 2 aromatic rings. The van der Waals surface area contributed by atoms with Crippen molar-refractivity contribution < 1.29 is 4.79 Å². The van der Waals surface area contributed by atoms with Crippen molar-refractivity contribution in [2.75, 3.05) is 0 Å². The van der Waals surface area contributed by atoms with E-state index in [0.717, 1.165) is 10.1 Å². The van der Waals surface area contributed by atoms with Crippen LogP contribution in [0.15, 0.2) is 29.3 Å². The Morgan fingerprint density at radius 2 is 2.50 bits per heavy atom. The number of nitrogens with zero attached hydrogens (tertiary/aromatic N) is 1. The molecule has 1 radical (unpaired) electrons. The van der Waals surface area contributed by atoms with Gasteiger partial charge in [0.15, 0.2) is 0 Å². The van der Waals surface area contributed by atoms with Crippen molar-refractivity contribution in [1.82, 2.24) is 0 Å². The monoisotopic (exact) mass is 174 g/mol. The summed E-state index contributed by atoms with van der Waals surface area (Å²) >= 11 is 1.47. The van der Waals surface area contributed by atoms with E-state index >= 15 is 0 Å². The highest BCUT2D eigenvalue weighted by Gasteiger charge is 1.97. The number of hydrogen-bond acceptors (Lipinski definition) is 3. The summed E-state index contributed by atoms with van der Waals surface area (Å²) in [7, 11) is 0. The van der Waals surface area contributed by atoms with Gasteiger partial charge in [-0.05, 0) is 29.7 Å². The second kappa shape index (κ2) is 2.89. The Bertz CT molecular complexity index is 421. The first-order valence-electron chi connectivity index (χ1n) is 3.37. The Hall–Kier alpha value is -1.44. The van der Waals surface area contributed by atoms with Crippen LogP contribution in [0.1, 0.15) is 0 Å². The lowest BCUT2D eigenvalue weighted by molar-refractivity contribution is 0.565. The first-order valence-corrected chi connectivity index (χ1v) is 4.19. The van der Waals surface area contributed by atoms with Gasteiger partial charge >= 0.3 is 0 Å². The van der Waals surface area contributed by atoms with Crippen LogP contribution in [0.25, 0.3) is 10.1 Å². The zero-order valence-electron chi connectivity index (χ0n) is 6.07. The highest BCUT2D eigenvalue weighted by molar-refractivity contribution is 7.22. The summed E-state index contributed by atoms with van der Waals surface area (Å²) in [6, 6.07) is 10.5. The van der Waals surface area contributed by atoms with E-state index in [2.05, 4.69) is 11.1 Å². The van der Waals surface area contributed by atoms with Crippen LogP contribution in [0, 0.1) is 6.07 Å². The Morgan fingerprint density at radius 3 is 3.25 bits per heavy atom. The molecule has 1 heterocycles. The average Bonchev–Trinajstić information content (AvgIpc) is 2.47. The average molecular weight is 174 g/mol. The largest absolute Gasteiger partial charge is 0.241 e. The molecule has 0 aliphatic carbocycles. The summed E-state index contributed by atoms with van der Waals surface area (Å²) in [4.78, 5) is 13.5. The Labute approximate surface area is 73.2 Å². The molecule has 0 fully saturated rings. The Kier molecular flexibility index (Phi) is 1.74. The number of hydrogen-bond donors (Lipinski definition) is 0. The van der Waals surface area contributed by atoms with E-state index in [1.54, 1.807) is 0 Å². The van der Waals surface area contributed by atoms with Gasteiger partial charge in [0.2, 0.25) is 6.08 Å². The number of carbonyl (C=O) groups excluding carboxylic acids is 1.